The van der Waals surface area contributed by atoms with Crippen molar-refractivity contribution in [1.82, 2.24) is 15.2 Å². The fourth-order valence-corrected chi connectivity index (χ4v) is 3.31. The summed E-state index contributed by atoms with van der Waals surface area (Å²) in [5.41, 5.74) is 1.11. The number of piperazine rings is 1. The Bertz CT molecular complexity index is 644. The Balaban J connectivity index is 2.40. The van der Waals surface area contributed by atoms with E-state index < -0.39 is 0 Å². The van der Waals surface area contributed by atoms with E-state index in [4.69, 9.17) is 0 Å². The fourth-order valence-electron chi connectivity index (χ4n) is 3.31. The summed E-state index contributed by atoms with van der Waals surface area (Å²) < 4.78 is 0. The largest absolute Gasteiger partial charge is 0.353 e. The van der Waals surface area contributed by atoms with Crippen molar-refractivity contribution >= 4 is 23.3 Å². The van der Waals surface area contributed by atoms with Gasteiger partial charge in [0.25, 0.3) is 5.91 Å². The van der Waals surface area contributed by atoms with E-state index in [-0.39, 0.29) is 11.8 Å². The molecule has 7 nitrogen and oxygen atoms in total. The first-order chi connectivity index (χ1) is 12.8. The fraction of sp³-hybridized carbons (Fsp3) is 0.650. The second-order valence-corrected chi connectivity index (χ2v) is 8.01. The first-order valence-corrected chi connectivity index (χ1v) is 9.80. The Labute approximate surface area is 162 Å². The molecule has 1 aliphatic heterocycles. The minimum Gasteiger partial charge on any atom is -0.353 e. The van der Waals surface area contributed by atoms with Gasteiger partial charge >= 0.3 is 0 Å². The highest BCUT2D eigenvalue weighted by molar-refractivity contribution is 6.01. The van der Waals surface area contributed by atoms with Gasteiger partial charge in [0.05, 0.1) is 17.4 Å². The zero-order chi connectivity index (χ0) is 20.0. The van der Waals surface area contributed by atoms with Gasteiger partial charge in [0, 0.05) is 46.2 Å². The van der Waals surface area contributed by atoms with Gasteiger partial charge in [-0.2, -0.15) is 0 Å². The number of carbonyl (C=O) groups excluding carboxylic acids is 2. The Hall–Kier alpha value is -2.15. The minimum absolute atomic E-state index is 0.0226. The summed E-state index contributed by atoms with van der Waals surface area (Å²) in [5, 5.41) is 6.07. The maximum atomic E-state index is 13.4. The first-order valence-electron chi connectivity index (χ1n) is 9.80. The molecule has 0 aromatic carbocycles. The molecule has 2 amide bonds. The van der Waals surface area contributed by atoms with Gasteiger partial charge in [0.15, 0.2) is 0 Å². The van der Waals surface area contributed by atoms with Crippen molar-refractivity contribution in [1.29, 1.82) is 0 Å². The van der Waals surface area contributed by atoms with Crippen molar-refractivity contribution in [3.8, 4) is 0 Å². The number of rotatable bonds is 7. The number of hydrogen-bond donors (Lipinski definition) is 2. The third-order valence-electron chi connectivity index (χ3n) is 4.29. The van der Waals surface area contributed by atoms with Crippen LogP contribution >= 0.6 is 0 Å². The van der Waals surface area contributed by atoms with Gasteiger partial charge in [-0.15, -0.1) is 0 Å². The van der Waals surface area contributed by atoms with E-state index >= 15 is 0 Å². The normalized spacial score (nSPS) is 14.6. The highest BCUT2D eigenvalue weighted by Gasteiger charge is 2.25. The number of carbonyl (C=O) groups is 2. The van der Waals surface area contributed by atoms with E-state index in [1.54, 1.807) is 12.3 Å². The standard InChI is InChI=1S/C20H33N5O2/c1-14(2)12-25(13-15(3)4)20(27)18-10-17(23-16(5)26)11-22-19(18)24-8-6-21-7-9-24/h10-11,14-15,21H,6-9,12-13H2,1-5H3,(H,23,26). The van der Waals surface area contributed by atoms with Crippen molar-refractivity contribution in [3.63, 3.8) is 0 Å². The zero-order valence-corrected chi connectivity index (χ0v) is 17.2. The van der Waals surface area contributed by atoms with Gasteiger partial charge in [-0.3, -0.25) is 9.59 Å². The van der Waals surface area contributed by atoms with Crippen molar-refractivity contribution in [2.24, 2.45) is 11.8 Å². The number of aromatic nitrogens is 1. The Morgan fingerprint density at radius 1 is 1.19 bits per heavy atom. The second kappa shape index (κ2) is 9.69. The average Bonchev–Trinajstić information content (AvgIpc) is 2.60. The molecule has 2 heterocycles. The Morgan fingerprint density at radius 2 is 1.78 bits per heavy atom. The van der Waals surface area contributed by atoms with Crippen molar-refractivity contribution in [2.75, 3.05) is 49.5 Å². The maximum absolute atomic E-state index is 13.4. The Morgan fingerprint density at radius 3 is 2.30 bits per heavy atom. The lowest BCUT2D eigenvalue weighted by Gasteiger charge is -2.32. The van der Waals surface area contributed by atoms with Crippen LogP contribution in [-0.4, -0.2) is 61.0 Å². The molecule has 0 spiro atoms. The highest BCUT2D eigenvalue weighted by Crippen LogP contribution is 2.24. The summed E-state index contributed by atoms with van der Waals surface area (Å²) in [6, 6.07) is 1.77. The van der Waals surface area contributed by atoms with Gasteiger partial charge in [-0.25, -0.2) is 4.98 Å². The summed E-state index contributed by atoms with van der Waals surface area (Å²) in [4.78, 5) is 33.5. The molecule has 0 saturated carbocycles. The summed E-state index contributed by atoms with van der Waals surface area (Å²) in [6.45, 7) is 14.7. The highest BCUT2D eigenvalue weighted by atomic mass is 16.2. The van der Waals surface area contributed by atoms with E-state index in [0.29, 0.717) is 42.0 Å². The van der Waals surface area contributed by atoms with Gasteiger partial charge < -0.3 is 20.4 Å². The second-order valence-electron chi connectivity index (χ2n) is 8.01. The molecular weight excluding hydrogens is 342 g/mol. The maximum Gasteiger partial charge on any atom is 0.257 e. The predicted octanol–water partition coefficient (Wildman–Crippen LogP) is 2.20. The van der Waals surface area contributed by atoms with E-state index in [2.05, 4.69) is 48.2 Å². The summed E-state index contributed by atoms with van der Waals surface area (Å²) in [6.07, 6.45) is 1.63. The van der Waals surface area contributed by atoms with E-state index in [1.165, 1.54) is 6.92 Å². The molecule has 1 aliphatic rings. The lowest BCUT2D eigenvalue weighted by atomic mass is 10.1. The smallest absolute Gasteiger partial charge is 0.257 e. The van der Waals surface area contributed by atoms with Crippen LogP contribution in [0.15, 0.2) is 12.3 Å². The third kappa shape index (κ3) is 6.20. The monoisotopic (exact) mass is 375 g/mol. The molecule has 7 heteroatoms. The average molecular weight is 376 g/mol. The summed E-state index contributed by atoms with van der Waals surface area (Å²) >= 11 is 0. The van der Waals surface area contributed by atoms with E-state index in [0.717, 1.165) is 26.2 Å². The molecule has 1 aromatic heterocycles. The molecule has 150 valence electrons. The lowest BCUT2D eigenvalue weighted by molar-refractivity contribution is -0.114. The lowest BCUT2D eigenvalue weighted by Crippen LogP contribution is -2.45. The van der Waals surface area contributed by atoms with E-state index in [9.17, 15) is 9.59 Å². The topological polar surface area (TPSA) is 77.6 Å². The minimum atomic E-state index is -0.175. The summed E-state index contributed by atoms with van der Waals surface area (Å²) in [5.74, 6) is 1.26. The molecular formula is C20H33N5O2. The third-order valence-corrected chi connectivity index (χ3v) is 4.29. The molecule has 1 fully saturated rings. The first kappa shape index (κ1) is 21.2. The van der Waals surface area contributed by atoms with Crippen LogP contribution in [0.25, 0.3) is 0 Å². The molecule has 0 atom stereocenters. The molecule has 0 aliphatic carbocycles. The van der Waals surface area contributed by atoms with Gasteiger partial charge in [-0.1, -0.05) is 27.7 Å². The number of amides is 2. The molecule has 0 bridgehead atoms. The number of anilines is 2. The molecule has 0 unspecified atom stereocenters. The van der Waals surface area contributed by atoms with Crippen molar-refractivity contribution in [3.05, 3.63) is 17.8 Å². The molecule has 27 heavy (non-hydrogen) atoms. The molecule has 0 radical (unpaired) electrons. The van der Waals surface area contributed by atoms with Gasteiger partial charge in [-0.05, 0) is 17.9 Å². The number of nitrogens with zero attached hydrogens (tertiary/aromatic N) is 3. The van der Waals surface area contributed by atoms with E-state index in [1.807, 2.05) is 4.90 Å². The van der Waals surface area contributed by atoms with Crippen LogP contribution in [-0.2, 0) is 4.79 Å². The van der Waals surface area contributed by atoms with Gasteiger partial charge in [0.1, 0.15) is 5.82 Å². The number of nitrogens with one attached hydrogen (secondary N) is 2. The SMILES string of the molecule is CC(=O)Nc1cnc(N2CCNCC2)c(C(=O)N(CC(C)C)CC(C)C)c1. The van der Waals surface area contributed by atoms with Crippen LogP contribution in [0.4, 0.5) is 11.5 Å². The van der Waals surface area contributed by atoms with Crippen LogP contribution in [0.1, 0.15) is 45.0 Å². The molecule has 2 rings (SSSR count). The number of hydrogen-bond acceptors (Lipinski definition) is 5. The van der Waals surface area contributed by atoms with Crippen molar-refractivity contribution in [2.45, 2.75) is 34.6 Å². The van der Waals surface area contributed by atoms with Crippen LogP contribution in [0.5, 0.6) is 0 Å². The van der Waals surface area contributed by atoms with Crippen LogP contribution in [0.2, 0.25) is 0 Å². The zero-order valence-electron chi connectivity index (χ0n) is 17.2. The van der Waals surface area contributed by atoms with Crippen LogP contribution < -0.4 is 15.5 Å². The van der Waals surface area contributed by atoms with Gasteiger partial charge in [0.2, 0.25) is 5.91 Å². The molecule has 2 N–H and O–H groups in total. The molecule has 1 aromatic rings. The molecule has 1 saturated heterocycles. The van der Waals surface area contributed by atoms with Crippen molar-refractivity contribution < 1.29 is 9.59 Å². The van der Waals surface area contributed by atoms with Crippen LogP contribution in [0, 0.1) is 11.8 Å². The summed E-state index contributed by atoms with van der Waals surface area (Å²) in [7, 11) is 0. The number of pyridine rings is 1. The van der Waals surface area contributed by atoms with Crippen LogP contribution in [0.3, 0.4) is 0 Å². The quantitative estimate of drug-likeness (QED) is 0.764. The Kier molecular flexibility index (Phi) is 7.59. The predicted molar refractivity (Wildman–Crippen MR) is 109 cm³/mol.